The number of phenols is 1. The van der Waals surface area contributed by atoms with Crippen LogP contribution in [0.5, 0.6) is 5.75 Å². The molecule has 0 aliphatic heterocycles. The van der Waals surface area contributed by atoms with Gasteiger partial charge in [-0.2, -0.15) is 0 Å². The molecule has 0 amide bonds. The summed E-state index contributed by atoms with van der Waals surface area (Å²) in [6.07, 6.45) is 0. The van der Waals surface area contributed by atoms with Crippen molar-refractivity contribution in [1.29, 1.82) is 0 Å². The quantitative estimate of drug-likeness (QED) is 0.420. The molecule has 84 valence electrons. The zero-order chi connectivity index (χ0) is 11.9. The number of hydrogen-bond acceptors (Lipinski definition) is 7. The van der Waals surface area contributed by atoms with Gasteiger partial charge in [-0.1, -0.05) is 0 Å². The van der Waals surface area contributed by atoms with E-state index >= 15 is 0 Å². The Morgan fingerprint density at radius 3 is 1.65 bits per heavy atom. The molecule has 1 rings (SSSR count). The number of aromatic hydroxyl groups is 1. The van der Waals surface area contributed by atoms with Crippen molar-refractivity contribution in [3.05, 3.63) is 18.2 Å². The van der Waals surface area contributed by atoms with Crippen molar-refractivity contribution in [3.63, 3.8) is 0 Å². The minimum Gasteiger partial charge on any atom is -0.744 e. The van der Waals surface area contributed by atoms with Crippen molar-refractivity contribution < 1.29 is 134 Å². The summed E-state index contributed by atoms with van der Waals surface area (Å²) in [5.74, 6) is -0.628. The third kappa shape index (κ3) is 6.40. The second kappa shape index (κ2) is 7.78. The van der Waals surface area contributed by atoms with Crippen molar-refractivity contribution in [1.82, 2.24) is 0 Å². The van der Waals surface area contributed by atoms with E-state index in [4.69, 9.17) is 5.11 Å². The molecule has 1 aromatic carbocycles. The molecule has 0 aliphatic rings. The second-order valence-corrected chi connectivity index (χ2v) is 5.24. The molecule has 0 atom stereocenters. The van der Waals surface area contributed by atoms with Gasteiger partial charge in [0.2, 0.25) is 0 Å². The third-order valence-corrected chi connectivity index (χ3v) is 3.37. The van der Waals surface area contributed by atoms with Gasteiger partial charge in [0.25, 0.3) is 0 Å². The number of benzene rings is 1. The van der Waals surface area contributed by atoms with Gasteiger partial charge in [-0.15, -0.1) is 0 Å². The Bertz CT molecular complexity index is 593. The zero-order valence-electron chi connectivity index (χ0n) is 8.95. The van der Waals surface area contributed by atoms with E-state index in [1.807, 2.05) is 0 Å². The number of phenolic OH excluding ortho intramolecular Hbond substituents is 1. The van der Waals surface area contributed by atoms with Gasteiger partial charge in [0.05, 0.1) is 9.79 Å². The van der Waals surface area contributed by atoms with Crippen LogP contribution in [-0.2, 0) is 20.2 Å². The Kier molecular flexibility index (Phi) is 9.80. The van der Waals surface area contributed by atoms with Gasteiger partial charge in [-0.3, -0.25) is 0 Å². The summed E-state index contributed by atoms with van der Waals surface area (Å²) in [5, 5.41) is 8.87. The predicted octanol–water partition coefficient (Wildman–Crippen LogP) is -6.79. The largest absolute Gasteiger partial charge is 1.00 e. The molecule has 0 bridgehead atoms. The van der Waals surface area contributed by atoms with Crippen LogP contribution in [-0.4, -0.2) is 31.0 Å². The molecule has 0 saturated carbocycles. The molecule has 7 nitrogen and oxygen atoms in total. The maximum atomic E-state index is 10.6. The van der Waals surface area contributed by atoms with E-state index in [2.05, 4.69) is 0 Å². The molecule has 0 saturated heterocycles. The van der Waals surface area contributed by atoms with Crippen LogP contribution < -0.4 is 103 Å². The van der Waals surface area contributed by atoms with Crippen molar-refractivity contribution in [3.8, 4) is 5.75 Å². The molecular weight excluding hydrogens is 326 g/mol. The molecule has 0 unspecified atom stereocenters. The molecule has 1 N–H and O–H groups in total. The van der Waals surface area contributed by atoms with Crippen molar-refractivity contribution >= 4 is 20.2 Å². The summed E-state index contributed by atoms with van der Waals surface area (Å²) in [5.41, 5.74) is 0. The predicted molar refractivity (Wildman–Crippen MR) is 44.0 cm³/mol. The van der Waals surface area contributed by atoms with Gasteiger partial charge >= 0.3 is 103 Å². The van der Waals surface area contributed by atoms with E-state index in [1.165, 1.54) is 0 Å². The van der Waals surface area contributed by atoms with E-state index in [9.17, 15) is 25.9 Å². The SMILES string of the molecule is O=S(=O)([O-])c1ccc(O)cc1S(=O)(=O)[O-].[K+].[K+]. The van der Waals surface area contributed by atoms with Crippen LogP contribution in [0.3, 0.4) is 0 Å². The van der Waals surface area contributed by atoms with E-state index in [0.29, 0.717) is 12.1 Å². The first-order valence-corrected chi connectivity index (χ1v) is 6.19. The van der Waals surface area contributed by atoms with Gasteiger partial charge in [0.1, 0.15) is 26.0 Å². The van der Waals surface area contributed by atoms with Crippen molar-refractivity contribution in [2.45, 2.75) is 9.79 Å². The van der Waals surface area contributed by atoms with Gasteiger partial charge < -0.3 is 14.2 Å². The molecule has 0 aliphatic carbocycles. The summed E-state index contributed by atoms with van der Waals surface area (Å²) < 4.78 is 63.5. The zero-order valence-corrected chi connectivity index (χ0v) is 16.8. The monoisotopic (exact) mass is 330 g/mol. The molecule has 0 heterocycles. The maximum Gasteiger partial charge on any atom is 1.00 e. The Hall–Kier alpha value is 2.11. The fourth-order valence-corrected chi connectivity index (χ4v) is 2.63. The van der Waals surface area contributed by atoms with Crippen LogP contribution >= 0.6 is 0 Å². The molecule has 11 heteroatoms. The van der Waals surface area contributed by atoms with Gasteiger partial charge in [0.15, 0.2) is 0 Å². The van der Waals surface area contributed by atoms with E-state index in [0.717, 1.165) is 6.07 Å². The topological polar surface area (TPSA) is 135 Å². The normalized spacial score (nSPS) is 11.2. The van der Waals surface area contributed by atoms with Gasteiger partial charge in [-0.05, 0) is 18.2 Å². The van der Waals surface area contributed by atoms with E-state index in [-0.39, 0.29) is 103 Å². The summed E-state index contributed by atoms with van der Waals surface area (Å²) in [6.45, 7) is 0. The van der Waals surface area contributed by atoms with E-state index < -0.39 is 35.8 Å². The average Bonchev–Trinajstić information content (AvgIpc) is 2.00. The number of hydrogen-bond donors (Lipinski definition) is 1. The molecule has 0 aromatic heterocycles. The summed E-state index contributed by atoms with van der Waals surface area (Å²) in [6, 6.07) is 1.76. The average molecular weight is 330 g/mol. The standard InChI is InChI=1S/C6H6O7S2.2K/c7-4-1-2-5(14(8,9)10)6(3-4)15(11,12)13;;/h1-3,7H,(H,8,9,10)(H,11,12,13);;/q;2*+1/p-2. The van der Waals surface area contributed by atoms with Gasteiger partial charge in [-0.25, -0.2) is 16.8 Å². The van der Waals surface area contributed by atoms with Gasteiger partial charge in [0, 0.05) is 0 Å². The van der Waals surface area contributed by atoms with Crippen LogP contribution in [0.15, 0.2) is 28.0 Å². The van der Waals surface area contributed by atoms with Crippen LogP contribution in [0.2, 0.25) is 0 Å². The first-order valence-electron chi connectivity index (χ1n) is 3.37. The Morgan fingerprint density at radius 1 is 0.882 bits per heavy atom. The molecule has 0 fully saturated rings. The summed E-state index contributed by atoms with van der Waals surface area (Å²) in [7, 11) is -10.2. The molecule has 17 heavy (non-hydrogen) atoms. The minimum atomic E-state index is -5.13. The molecule has 0 spiro atoms. The summed E-state index contributed by atoms with van der Waals surface area (Å²) in [4.78, 5) is -2.42. The third-order valence-electron chi connectivity index (χ3n) is 1.47. The van der Waals surface area contributed by atoms with Crippen LogP contribution in [0.4, 0.5) is 0 Å². The Balaban J connectivity index is 0. The van der Waals surface area contributed by atoms with Crippen molar-refractivity contribution in [2.24, 2.45) is 0 Å². The fourth-order valence-electron chi connectivity index (χ4n) is 0.899. The van der Waals surface area contributed by atoms with Crippen LogP contribution in [0.1, 0.15) is 0 Å². The van der Waals surface area contributed by atoms with Crippen molar-refractivity contribution in [2.75, 3.05) is 0 Å². The Labute approximate surface area is 183 Å². The molecular formula is C6H4K2O7S2. The number of rotatable bonds is 2. The smallest absolute Gasteiger partial charge is 0.744 e. The summed E-state index contributed by atoms with van der Waals surface area (Å²) >= 11 is 0. The Morgan fingerprint density at radius 2 is 1.29 bits per heavy atom. The first-order chi connectivity index (χ1) is 6.62. The van der Waals surface area contributed by atoms with Crippen LogP contribution in [0.25, 0.3) is 0 Å². The van der Waals surface area contributed by atoms with E-state index in [1.54, 1.807) is 0 Å². The second-order valence-electron chi connectivity index (χ2n) is 2.54. The van der Waals surface area contributed by atoms with Crippen LogP contribution in [0, 0.1) is 0 Å². The minimum absolute atomic E-state index is 0. The fraction of sp³-hybridized carbons (Fsp3) is 0. The maximum absolute atomic E-state index is 10.6. The first kappa shape index (κ1) is 21.4. The molecule has 0 radical (unpaired) electrons. The molecule has 1 aromatic rings.